The number of halogens is 1. The molecular weight excluding hydrogens is 352 g/mol. The molecule has 5 nitrogen and oxygen atoms in total. The third-order valence-corrected chi connectivity index (χ3v) is 5.02. The molecule has 1 atom stereocenters. The van der Waals surface area contributed by atoms with Crippen LogP contribution < -0.4 is 14.8 Å². The maximum absolute atomic E-state index is 12.8. The van der Waals surface area contributed by atoms with Gasteiger partial charge in [0, 0.05) is 23.7 Å². The van der Waals surface area contributed by atoms with Crippen molar-refractivity contribution >= 4 is 23.3 Å². The molecule has 1 saturated heterocycles. The topological polar surface area (TPSA) is 50.8 Å². The zero-order valence-electron chi connectivity index (χ0n) is 14.4. The zero-order chi connectivity index (χ0) is 17.9. The van der Waals surface area contributed by atoms with Gasteiger partial charge in [0.1, 0.15) is 0 Å². The number of rotatable bonds is 2. The number of likely N-dealkylation sites (tertiary alicyclic amines) is 1. The SMILES string of the molecule is O=C(Nc1ccc(Cl)cc1)N1CCC[C@@H]1c1ccc2c(c1)OCCCO2. The molecule has 4 rings (SSSR count). The molecule has 0 radical (unpaired) electrons. The molecule has 2 aromatic rings. The Kier molecular flexibility index (Phi) is 4.89. The molecule has 2 amide bonds. The van der Waals surface area contributed by atoms with Gasteiger partial charge in [-0.25, -0.2) is 4.79 Å². The van der Waals surface area contributed by atoms with Gasteiger partial charge >= 0.3 is 6.03 Å². The van der Waals surface area contributed by atoms with Crippen LogP contribution >= 0.6 is 11.6 Å². The Labute approximate surface area is 157 Å². The van der Waals surface area contributed by atoms with Crippen molar-refractivity contribution in [1.29, 1.82) is 0 Å². The first-order chi connectivity index (χ1) is 12.7. The molecule has 0 spiro atoms. The lowest BCUT2D eigenvalue weighted by Crippen LogP contribution is -2.34. The van der Waals surface area contributed by atoms with Crippen molar-refractivity contribution in [3.63, 3.8) is 0 Å². The fraction of sp³-hybridized carbons (Fsp3) is 0.350. The largest absolute Gasteiger partial charge is 0.490 e. The molecule has 6 heteroatoms. The van der Waals surface area contributed by atoms with Crippen molar-refractivity contribution in [2.24, 2.45) is 0 Å². The summed E-state index contributed by atoms with van der Waals surface area (Å²) in [4.78, 5) is 14.6. The van der Waals surface area contributed by atoms with Gasteiger partial charge in [-0.15, -0.1) is 0 Å². The fourth-order valence-electron chi connectivity index (χ4n) is 3.47. The van der Waals surface area contributed by atoms with E-state index in [1.807, 2.05) is 23.1 Å². The maximum Gasteiger partial charge on any atom is 0.322 e. The Balaban J connectivity index is 1.52. The third-order valence-electron chi connectivity index (χ3n) is 4.77. The molecular formula is C20H21ClN2O3. The Morgan fingerprint density at radius 3 is 2.62 bits per heavy atom. The summed E-state index contributed by atoms with van der Waals surface area (Å²) < 4.78 is 11.5. The van der Waals surface area contributed by atoms with Crippen LogP contribution in [-0.2, 0) is 0 Å². The predicted molar refractivity (Wildman–Crippen MR) is 101 cm³/mol. The molecule has 2 aromatic carbocycles. The predicted octanol–water partition coefficient (Wildman–Crippen LogP) is 4.87. The van der Waals surface area contributed by atoms with Gasteiger partial charge in [-0.1, -0.05) is 17.7 Å². The van der Waals surface area contributed by atoms with E-state index in [1.165, 1.54) is 0 Å². The van der Waals surface area contributed by atoms with Crippen molar-refractivity contribution in [2.45, 2.75) is 25.3 Å². The summed E-state index contributed by atoms with van der Waals surface area (Å²) >= 11 is 5.90. The molecule has 1 N–H and O–H groups in total. The monoisotopic (exact) mass is 372 g/mol. The number of carbonyl (C=O) groups is 1. The quantitative estimate of drug-likeness (QED) is 0.818. The number of urea groups is 1. The molecule has 136 valence electrons. The first kappa shape index (κ1) is 17.0. The average molecular weight is 373 g/mol. The number of amides is 2. The van der Waals surface area contributed by atoms with Gasteiger partial charge in [0.05, 0.1) is 19.3 Å². The van der Waals surface area contributed by atoms with Crippen LogP contribution in [0.5, 0.6) is 11.5 Å². The van der Waals surface area contributed by atoms with Gasteiger partial charge in [0.15, 0.2) is 11.5 Å². The Morgan fingerprint density at radius 1 is 1.04 bits per heavy atom. The van der Waals surface area contributed by atoms with Crippen LogP contribution in [0.1, 0.15) is 30.9 Å². The molecule has 2 aliphatic rings. The van der Waals surface area contributed by atoms with Crippen LogP contribution in [0, 0.1) is 0 Å². The number of ether oxygens (including phenoxy) is 2. The number of carbonyl (C=O) groups excluding carboxylic acids is 1. The van der Waals surface area contributed by atoms with Gasteiger partial charge in [-0.2, -0.15) is 0 Å². The van der Waals surface area contributed by atoms with E-state index in [0.717, 1.165) is 48.6 Å². The van der Waals surface area contributed by atoms with Gasteiger partial charge < -0.3 is 19.7 Å². The van der Waals surface area contributed by atoms with Gasteiger partial charge in [0.2, 0.25) is 0 Å². The fourth-order valence-corrected chi connectivity index (χ4v) is 3.60. The molecule has 0 aliphatic carbocycles. The lowest BCUT2D eigenvalue weighted by molar-refractivity contribution is 0.207. The third kappa shape index (κ3) is 3.58. The highest BCUT2D eigenvalue weighted by Gasteiger charge is 2.30. The van der Waals surface area contributed by atoms with E-state index in [0.29, 0.717) is 18.2 Å². The lowest BCUT2D eigenvalue weighted by atomic mass is 10.0. The Hall–Kier alpha value is -2.40. The Bertz CT molecular complexity index is 794. The van der Waals surface area contributed by atoms with Crippen molar-refractivity contribution in [1.82, 2.24) is 4.90 Å². The highest BCUT2D eigenvalue weighted by atomic mass is 35.5. The van der Waals surface area contributed by atoms with E-state index in [2.05, 4.69) is 5.32 Å². The molecule has 0 unspecified atom stereocenters. The molecule has 2 aliphatic heterocycles. The number of hydrogen-bond acceptors (Lipinski definition) is 3. The van der Waals surface area contributed by atoms with Crippen LogP contribution in [0.25, 0.3) is 0 Å². The minimum Gasteiger partial charge on any atom is -0.490 e. The number of nitrogens with zero attached hydrogens (tertiary/aromatic N) is 1. The van der Waals surface area contributed by atoms with Crippen LogP contribution in [0.4, 0.5) is 10.5 Å². The maximum atomic E-state index is 12.8. The van der Waals surface area contributed by atoms with Gasteiger partial charge in [-0.3, -0.25) is 0 Å². The highest BCUT2D eigenvalue weighted by Crippen LogP contribution is 2.38. The first-order valence-electron chi connectivity index (χ1n) is 8.93. The summed E-state index contributed by atoms with van der Waals surface area (Å²) in [6.07, 6.45) is 2.80. The first-order valence-corrected chi connectivity index (χ1v) is 9.31. The molecule has 0 aromatic heterocycles. The smallest absolute Gasteiger partial charge is 0.322 e. The summed E-state index contributed by atoms with van der Waals surface area (Å²) in [5.41, 5.74) is 1.82. The minimum atomic E-state index is -0.0954. The Morgan fingerprint density at radius 2 is 1.81 bits per heavy atom. The highest BCUT2D eigenvalue weighted by molar-refractivity contribution is 6.30. The van der Waals surface area contributed by atoms with Gasteiger partial charge in [-0.05, 0) is 54.8 Å². The second-order valence-corrected chi connectivity index (χ2v) is 6.98. The molecule has 1 fully saturated rings. The van der Waals surface area contributed by atoms with Crippen LogP contribution in [-0.4, -0.2) is 30.7 Å². The molecule has 26 heavy (non-hydrogen) atoms. The van der Waals surface area contributed by atoms with E-state index in [9.17, 15) is 4.79 Å². The van der Waals surface area contributed by atoms with E-state index >= 15 is 0 Å². The second kappa shape index (κ2) is 7.46. The number of hydrogen-bond donors (Lipinski definition) is 1. The second-order valence-electron chi connectivity index (χ2n) is 6.55. The summed E-state index contributed by atoms with van der Waals surface area (Å²) in [6.45, 7) is 2.06. The van der Waals surface area contributed by atoms with Crippen molar-refractivity contribution in [3.8, 4) is 11.5 Å². The lowest BCUT2D eigenvalue weighted by Gasteiger charge is -2.26. The number of benzene rings is 2. The minimum absolute atomic E-state index is 0.0412. The van der Waals surface area contributed by atoms with Crippen LogP contribution in [0.3, 0.4) is 0 Å². The van der Waals surface area contributed by atoms with E-state index < -0.39 is 0 Å². The van der Waals surface area contributed by atoms with Crippen molar-refractivity contribution in [3.05, 3.63) is 53.1 Å². The molecule has 0 bridgehead atoms. The van der Waals surface area contributed by atoms with Crippen LogP contribution in [0.15, 0.2) is 42.5 Å². The summed E-state index contributed by atoms with van der Waals surface area (Å²) in [6, 6.07) is 13.1. The summed E-state index contributed by atoms with van der Waals surface area (Å²) in [5.74, 6) is 1.55. The van der Waals surface area contributed by atoms with E-state index in [1.54, 1.807) is 24.3 Å². The number of anilines is 1. The van der Waals surface area contributed by atoms with Crippen LogP contribution in [0.2, 0.25) is 5.02 Å². The summed E-state index contributed by atoms with van der Waals surface area (Å²) in [7, 11) is 0. The number of fused-ring (bicyclic) bond motifs is 1. The standard InChI is InChI=1S/C20H21ClN2O3/c21-15-5-7-16(8-6-15)22-20(24)23-10-1-3-17(23)14-4-9-18-19(13-14)26-12-2-11-25-18/h4-9,13,17H,1-3,10-12H2,(H,22,24)/t17-/m1/s1. The van der Waals surface area contributed by atoms with Crippen molar-refractivity contribution < 1.29 is 14.3 Å². The number of nitrogens with one attached hydrogen (secondary N) is 1. The normalized spacial score (nSPS) is 19.1. The van der Waals surface area contributed by atoms with Crippen molar-refractivity contribution in [2.75, 3.05) is 25.1 Å². The summed E-state index contributed by atoms with van der Waals surface area (Å²) in [5, 5.41) is 3.60. The van der Waals surface area contributed by atoms with Gasteiger partial charge in [0.25, 0.3) is 0 Å². The molecule has 0 saturated carbocycles. The molecule has 2 heterocycles. The van der Waals surface area contributed by atoms with E-state index in [4.69, 9.17) is 21.1 Å². The zero-order valence-corrected chi connectivity index (χ0v) is 15.2. The average Bonchev–Trinajstić information content (AvgIpc) is 3.02. The van der Waals surface area contributed by atoms with E-state index in [-0.39, 0.29) is 12.1 Å².